The highest BCUT2D eigenvalue weighted by atomic mass is 16.5. The third kappa shape index (κ3) is 4.42. The average Bonchev–Trinajstić information content (AvgIpc) is 2.42. The van der Waals surface area contributed by atoms with Crippen molar-refractivity contribution in [1.29, 1.82) is 0 Å². The van der Waals surface area contributed by atoms with E-state index in [1.807, 2.05) is 25.1 Å². The molecule has 1 aromatic rings. The summed E-state index contributed by atoms with van der Waals surface area (Å²) < 4.78 is 10.9. The summed E-state index contributed by atoms with van der Waals surface area (Å²) in [5.41, 5.74) is 0.124. The number of methoxy groups -OCH3 is 1. The summed E-state index contributed by atoms with van der Waals surface area (Å²) in [5, 5.41) is 12.3. The summed E-state index contributed by atoms with van der Waals surface area (Å²) in [4.78, 5) is 11.1. The number of carbonyl (C=O) groups is 1. The molecule has 0 heterocycles. The van der Waals surface area contributed by atoms with Crippen LogP contribution in [0.5, 0.6) is 11.5 Å². The Morgan fingerprint density at radius 3 is 2.60 bits per heavy atom. The fourth-order valence-electron chi connectivity index (χ4n) is 1.53. The molecule has 0 spiro atoms. The van der Waals surface area contributed by atoms with Crippen molar-refractivity contribution in [3.05, 3.63) is 23.8 Å². The third-order valence-electron chi connectivity index (χ3n) is 2.97. The summed E-state index contributed by atoms with van der Waals surface area (Å²) in [6.45, 7) is 7.00. The molecule has 0 radical (unpaired) electrons. The lowest BCUT2D eigenvalue weighted by Gasteiger charge is -2.21. The molecular formula is C15H23NO4. The minimum Gasteiger partial charge on any atom is -0.493 e. The van der Waals surface area contributed by atoms with E-state index in [0.717, 1.165) is 18.7 Å². The van der Waals surface area contributed by atoms with Crippen LogP contribution in [0.25, 0.3) is 0 Å². The van der Waals surface area contributed by atoms with Gasteiger partial charge < -0.3 is 19.9 Å². The fourth-order valence-corrected chi connectivity index (χ4v) is 1.53. The normalized spacial score (nSPS) is 11.2. The first-order chi connectivity index (χ1) is 9.40. The zero-order valence-corrected chi connectivity index (χ0v) is 12.5. The number of hydrogen-bond acceptors (Lipinski definition) is 4. The van der Waals surface area contributed by atoms with E-state index >= 15 is 0 Å². The fraction of sp³-hybridized carbons (Fsp3) is 0.533. The van der Waals surface area contributed by atoms with Gasteiger partial charge in [-0.15, -0.1) is 0 Å². The molecular weight excluding hydrogens is 258 g/mol. The van der Waals surface area contributed by atoms with Gasteiger partial charge in [-0.2, -0.15) is 0 Å². The second-order valence-corrected chi connectivity index (χ2v) is 5.24. The van der Waals surface area contributed by atoms with Crippen LogP contribution in [0, 0.1) is 5.41 Å². The van der Waals surface area contributed by atoms with E-state index in [1.165, 1.54) is 0 Å². The highest BCUT2D eigenvalue weighted by Crippen LogP contribution is 2.30. The van der Waals surface area contributed by atoms with E-state index in [-0.39, 0.29) is 6.61 Å². The smallest absolute Gasteiger partial charge is 0.312 e. The van der Waals surface area contributed by atoms with Crippen LogP contribution in [0.15, 0.2) is 18.2 Å². The molecule has 0 saturated heterocycles. The van der Waals surface area contributed by atoms with Gasteiger partial charge in [-0.25, -0.2) is 0 Å². The summed E-state index contributed by atoms with van der Waals surface area (Å²) >= 11 is 0. The Bertz CT molecular complexity index is 457. The Morgan fingerprint density at radius 1 is 1.35 bits per heavy atom. The van der Waals surface area contributed by atoms with Crippen LogP contribution in [0.2, 0.25) is 0 Å². The average molecular weight is 281 g/mol. The molecule has 0 aliphatic carbocycles. The van der Waals surface area contributed by atoms with Crippen LogP contribution < -0.4 is 14.8 Å². The molecule has 1 rings (SSSR count). The number of nitrogens with one attached hydrogen (secondary N) is 1. The molecule has 112 valence electrons. The lowest BCUT2D eigenvalue weighted by atomic mass is 9.95. The van der Waals surface area contributed by atoms with Crippen LogP contribution >= 0.6 is 0 Å². The van der Waals surface area contributed by atoms with Gasteiger partial charge in [0.1, 0.15) is 6.61 Å². The van der Waals surface area contributed by atoms with Gasteiger partial charge >= 0.3 is 5.97 Å². The topological polar surface area (TPSA) is 67.8 Å². The van der Waals surface area contributed by atoms with E-state index in [9.17, 15) is 4.79 Å². The molecule has 0 atom stereocenters. The summed E-state index contributed by atoms with van der Waals surface area (Å²) in [7, 11) is 1.56. The maximum atomic E-state index is 11.1. The first kappa shape index (κ1) is 16.3. The molecule has 2 N–H and O–H groups in total. The van der Waals surface area contributed by atoms with Crippen molar-refractivity contribution in [3.63, 3.8) is 0 Å². The van der Waals surface area contributed by atoms with Gasteiger partial charge in [-0.3, -0.25) is 4.79 Å². The maximum Gasteiger partial charge on any atom is 0.312 e. The zero-order chi connectivity index (χ0) is 15.2. The Kier molecular flexibility index (Phi) is 5.82. The van der Waals surface area contributed by atoms with Crippen molar-refractivity contribution >= 4 is 5.97 Å². The number of ether oxygens (including phenoxy) is 2. The van der Waals surface area contributed by atoms with E-state index in [1.54, 1.807) is 21.0 Å². The van der Waals surface area contributed by atoms with E-state index in [0.29, 0.717) is 11.5 Å². The van der Waals surface area contributed by atoms with Crippen LogP contribution in [0.4, 0.5) is 0 Å². The maximum absolute atomic E-state index is 11.1. The quantitative estimate of drug-likeness (QED) is 0.765. The van der Waals surface area contributed by atoms with Crippen LogP contribution in [-0.2, 0) is 11.3 Å². The predicted octanol–water partition coefficient (Wildman–Crippen LogP) is 2.29. The minimum atomic E-state index is -0.942. The molecule has 0 aliphatic rings. The SMILES string of the molecule is CCNCc1ccc(OC)c(OCC(C)(C)C(=O)O)c1. The van der Waals surface area contributed by atoms with Crippen molar-refractivity contribution in [2.45, 2.75) is 27.3 Å². The first-order valence-corrected chi connectivity index (χ1v) is 6.64. The summed E-state index contributed by atoms with van der Waals surface area (Å²) in [6.07, 6.45) is 0. The predicted molar refractivity (Wildman–Crippen MR) is 77.3 cm³/mol. The molecule has 1 aromatic carbocycles. The lowest BCUT2D eigenvalue weighted by molar-refractivity contribution is -0.148. The Balaban J connectivity index is 2.83. The third-order valence-corrected chi connectivity index (χ3v) is 2.97. The van der Waals surface area contributed by atoms with Gasteiger partial charge in [-0.05, 0) is 38.1 Å². The van der Waals surface area contributed by atoms with Crippen molar-refractivity contribution < 1.29 is 19.4 Å². The van der Waals surface area contributed by atoms with Crippen molar-refractivity contribution in [2.75, 3.05) is 20.3 Å². The van der Waals surface area contributed by atoms with Gasteiger partial charge in [0.2, 0.25) is 0 Å². The molecule has 20 heavy (non-hydrogen) atoms. The molecule has 5 heteroatoms. The molecule has 0 unspecified atom stereocenters. The van der Waals surface area contributed by atoms with E-state index < -0.39 is 11.4 Å². The molecule has 5 nitrogen and oxygen atoms in total. The van der Waals surface area contributed by atoms with Crippen LogP contribution in [-0.4, -0.2) is 31.3 Å². The van der Waals surface area contributed by atoms with E-state index in [4.69, 9.17) is 14.6 Å². The minimum absolute atomic E-state index is 0.0867. The lowest BCUT2D eigenvalue weighted by Crippen LogP contribution is -2.30. The number of aliphatic carboxylic acids is 1. The van der Waals surface area contributed by atoms with Gasteiger partial charge in [0.15, 0.2) is 11.5 Å². The second-order valence-electron chi connectivity index (χ2n) is 5.24. The molecule has 0 saturated carbocycles. The number of carboxylic acids is 1. The largest absolute Gasteiger partial charge is 0.493 e. The van der Waals surface area contributed by atoms with Gasteiger partial charge in [0.05, 0.1) is 12.5 Å². The Morgan fingerprint density at radius 2 is 2.05 bits per heavy atom. The summed E-state index contributed by atoms with van der Waals surface area (Å²) in [5.74, 6) is 0.281. The van der Waals surface area contributed by atoms with E-state index in [2.05, 4.69) is 5.32 Å². The molecule has 0 bridgehead atoms. The monoisotopic (exact) mass is 281 g/mol. The van der Waals surface area contributed by atoms with Crippen LogP contribution in [0.1, 0.15) is 26.3 Å². The Labute approximate surface area is 119 Å². The highest BCUT2D eigenvalue weighted by molar-refractivity contribution is 5.73. The van der Waals surface area contributed by atoms with Crippen LogP contribution in [0.3, 0.4) is 0 Å². The second kappa shape index (κ2) is 7.14. The number of hydrogen-bond donors (Lipinski definition) is 2. The number of benzene rings is 1. The van der Waals surface area contributed by atoms with Crippen molar-refractivity contribution in [1.82, 2.24) is 5.32 Å². The first-order valence-electron chi connectivity index (χ1n) is 6.64. The summed E-state index contributed by atoms with van der Waals surface area (Å²) in [6, 6.07) is 5.66. The highest BCUT2D eigenvalue weighted by Gasteiger charge is 2.28. The Hall–Kier alpha value is -1.75. The molecule has 0 aromatic heterocycles. The van der Waals surface area contributed by atoms with Crippen molar-refractivity contribution in [3.8, 4) is 11.5 Å². The van der Waals surface area contributed by atoms with Crippen molar-refractivity contribution in [2.24, 2.45) is 5.41 Å². The number of rotatable bonds is 8. The standard InChI is InChI=1S/C15H23NO4/c1-5-16-9-11-6-7-12(19-4)13(8-11)20-10-15(2,3)14(17)18/h6-8,16H,5,9-10H2,1-4H3,(H,17,18). The molecule has 0 fully saturated rings. The van der Waals surface area contributed by atoms with Gasteiger partial charge in [0, 0.05) is 6.54 Å². The van der Waals surface area contributed by atoms with Gasteiger partial charge in [-0.1, -0.05) is 13.0 Å². The number of carboxylic acid groups (broad SMARTS) is 1. The molecule has 0 aliphatic heterocycles. The zero-order valence-electron chi connectivity index (χ0n) is 12.5. The van der Waals surface area contributed by atoms with Gasteiger partial charge in [0.25, 0.3) is 0 Å². The molecule has 0 amide bonds.